The van der Waals surface area contributed by atoms with E-state index in [0.29, 0.717) is 51.6 Å². The van der Waals surface area contributed by atoms with Crippen LogP contribution in [0.15, 0.2) is 0 Å². The summed E-state index contributed by atoms with van der Waals surface area (Å²) >= 11 is 0. The van der Waals surface area contributed by atoms with Gasteiger partial charge < -0.3 is 43.6 Å². The second kappa shape index (κ2) is 21.8. The van der Waals surface area contributed by atoms with E-state index in [1.165, 1.54) is 0 Å². The maximum absolute atomic E-state index is 13.5. The van der Waals surface area contributed by atoms with Gasteiger partial charge in [-0.3, -0.25) is 19.2 Å². The molecule has 0 aromatic rings. The summed E-state index contributed by atoms with van der Waals surface area (Å²) < 4.78 is 0. The van der Waals surface area contributed by atoms with Gasteiger partial charge in [-0.1, -0.05) is 41.5 Å². The van der Waals surface area contributed by atoms with E-state index in [1.54, 1.807) is 0 Å². The number of hydrogen-bond acceptors (Lipinski definition) is 8. The Balaban J connectivity index is 5.89. The predicted octanol–water partition coefficient (Wildman–Crippen LogP) is 0.734. The molecule has 0 aromatic carbocycles. The van der Waals surface area contributed by atoms with Gasteiger partial charge in [0.15, 0.2) is 0 Å². The zero-order valence-electron chi connectivity index (χ0n) is 27.1. The molecule has 0 aliphatic rings. The molecule has 13 nitrogen and oxygen atoms in total. The summed E-state index contributed by atoms with van der Waals surface area (Å²) in [5.74, 6) is -3.10. The van der Waals surface area contributed by atoms with Gasteiger partial charge in [-0.05, 0) is 88.6 Å². The highest BCUT2D eigenvalue weighted by Crippen LogP contribution is 2.11. The Labute approximate surface area is 257 Å². The van der Waals surface area contributed by atoms with Gasteiger partial charge in [0.1, 0.15) is 24.2 Å². The van der Waals surface area contributed by atoms with Crippen molar-refractivity contribution in [3.05, 3.63) is 0 Å². The van der Waals surface area contributed by atoms with Crippen molar-refractivity contribution in [1.82, 2.24) is 21.3 Å². The molecule has 4 amide bonds. The second-order valence-electron chi connectivity index (χ2n) is 12.6. The molecule has 0 unspecified atom stereocenters. The average Bonchev–Trinajstić information content (AvgIpc) is 2.90. The van der Waals surface area contributed by atoms with Crippen LogP contribution in [0.2, 0.25) is 0 Å². The molecule has 0 heterocycles. The first kappa shape index (κ1) is 40.2. The summed E-state index contributed by atoms with van der Waals surface area (Å²) in [6, 6.07) is -4.82. The summed E-state index contributed by atoms with van der Waals surface area (Å²) in [6.07, 6.45) is 3.90. The van der Waals surface area contributed by atoms with Gasteiger partial charge in [0.2, 0.25) is 23.6 Å². The minimum absolute atomic E-state index is 0.00717. The van der Waals surface area contributed by atoms with E-state index in [-0.39, 0.29) is 37.0 Å². The molecular weight excluding hydrogens is 554 g/mol. The first-order valence-corrected chi connectivity index (χ1v) is 15.7. The van der Waals surface area contributed by atoms with Crippen molar-refractivity contribution in [3.63, 3.8) is 0 Å². The maximum atomic E-state index is 13.5. The van der Waals surface area contributed by atoms with Gasteiger partial charge in [-0.2, -0.15) is 0 Å². The molecule has 0 fully saturated rings. The van der Waals surface area contributed by atoms with E-state index in [4.69, 9.17) is 17.2 Å². The smallest absolute Gasteiger partial charge is 0.326 e. The average molecular weight is 614 g/mol. The molecule has 43 heavy (non-hydrogen) atoms. The third-order valence-corrected chi connectivity index (χ3v) is 6.88. The molecule has 0 bridgehead atoms. The molecule has 5 atom stereocenters. The van der Waals surface area contributed by atoms with Crippen molar-refractivity contribution in [2.24, 2.45) is 35.0 Å². The van der Waals surface area contributed by atoms with Crippen molar-refractivity contribution in [2.75, 3.05) is 13.1 Å². The lowest BCUT2D eigenvalue weighted by Gasteiger charge is -2.27. The van der Waals surface area contributed by atoms with Crippen LogP contribution in [0, 0.1) is 17.8 Å². The first-order chi connectivity index (χ1) is 20.1. The van der Waals surface area contributed by atoms with E-state index in [0.717, 1.165) is 0 Å². The number of carbonyl (C=O) groups is 5. The third kappa shape index (κ3) is 17.8. The van der Waals surface area contributed by atoms with Crippen LogP contribution in [0.1, 0.15) is 99.3 Å². The van der Waals surface area contributed by atoms with E-state index in [9.17, 15) is 29.1 Å². The number of carbonyl (C=O) groups excluding carboxylic acids is 4. The predicted molar refractivity (Wildman–Crippen MR) is 168 cm³/mol. The summed E-state index contributed by atoms with van der Waals surface area (Å²) in [7, 11) is 0. The van der Waals surface area contributed by atoms with Crippen LogP contribution >= 0.6 is 0 Å². The number of carboxylic acids is 1. The highest BCUT2D eigenvalue weighted by Gasteiger charge is 2.32. The fourth-order valence-corrected chi connectivity index (χ4v) is 4.63. The minimum Gasteiger partial charge on any atom is -0.480 e. The molecule has 0 spiro atoms. The largest absolute Gasteiger partial charge is 0.480 e. The zero-order valence-corrected chi connectivity index (χ0v) is 27.1. The van der Waals surface area contributed by atoms with Gasteiger partial charge >= 0.3 is 5.97 Å². The summed E-state index contributed by atoms with van der Waals surface area (Å²) in [5, 5.41) is 20.4. The SMILES string of the molecule is CC(C)C[C@H](NC(=O)[C@H](CCCCN)NC(=O)[C@H](CC(C)C)NC(=O)[C@H](CCCCN)NC(=O)[C@@H](N)CC(C)C)C(=O)O. The standard InChI is InChI=1S/C30H59N7O6/c1-18(2)15-21(33)26(38)34-22(11-7-9-13-31)27(39)36-24(16-19(3)4)29(41)35-23(12-8-10-14-32)28(40)37-25(30(42)43)17-20(5)6/h18-25H,7-17,31-33H2,1-6H3,(H,34,38)(H,35,41)(H,36,39)(H,37,40)(H,42,43)/t21-,22-,23-,24-,25-/m0/s1. The van der Waals surface area contributed by atoms with E-state index in [2.05, 4.69) is 21.3 Å². The normalized spacial score (nSPS) is 15.0. The summed E-state index contributed by atoms with van der Waals surface area (Å²) in [5.41, 5.74) is 17.3. The molecule has 11 N–H and O–H groups in total. The van der Waals surface area contributed by atoms with Crippen molar-refractivity contribution >= 4 is 29.6 Å². The summed E-state index contributed by atoms with van der Waals surface area (Å²) in [6.45, 7) is 12.2. The van der Waals surface area contributed by atoms with Crippen molar-refractivity contribution in [1.29, 1.82) is 0 Å². The minimum atomic E-state index is -1.16. The first-order valence-electron chi connectivity index (χ1n) is 15.7. The highest BCUT2D eigenvalue weighted by molar-refractivity contribution is 5.95. The van der Waals surface area contributed by atoms with Crippen LogP contribution in [0.4, 0.5) is 0 Å². The number of unbranched alkanes of at least 4 members (excludes halogenated alkanes) is 2. The number of hydrogen-bond donors (Lipinski definition) is 8. The van der Waals surface area contributed by atoms with Gasteiger partial charge in [0.25, 0.3) is 0 Å². The fraction of sp³-hybridized carbons (Fsp3) is 0.833. The summed E-state index contributed by atoms with van der Waals surface area (Å²) in [4.78, 5) is 64.6. The van der Waals surface area contributed by atoms with Crippen LogP contribution in [-0.4, -0.2) is 78.0 Å². The number of nitrogens with one attached hydrogen (secondary N) is 4. The van der Waals surface area contributed by atoms with Gasteiger partial charge in [-0.15, -0.1) is 0 Å². The Morgan fingerprint density at radius 2 is 0.884 bits per heavy atom. The molecule has 0 aliphatic heterocycles. The number of nitrogens with two attached hydrogens (primary N) is 3. The van der Waals surface area contributed by atoms with Gasteiger partial charge in [0.05, 0.1) is 6.04 Å². The molecule has 0 saturated carbocycles. The monoisotopic (exact) mass is 613 g/mol. The fourth-order valence-electron chi connectivity index (χ4n) is 4.63. The topological polar surface area (TPSA) is 232 Å². The molecule has 0 radical (unpaired) electrons. The third-order valence-electron chi connectivity index (χ3n) is 6.88. The zero-order chi connectivity index (χ0) is 33.1. The van der Waals surface area contributed by atoms with E-state index >= 15 is 0 Å². The molecule has 13 heteroatoms. The Hall–Kier alpha value is -2.77. The van der Waals surface area contributed by atoms with Crippen molar-refractivity contribution < 1.29 is 29.1 Å². The van der Waals surface area contributed by atoms with Crippen molar-refractivity contribution in [2.45, 2.75) is 130 Å². The molecule has 0 aliphatic carbocycles. The van der Waals surface area contributed by atoms with Crippen molar-refractivity contribution in [3.8, 4) is 0 Å². The molecule has 250 valence electrons. The molecule has 0 rings (SSSR count). The number of carboxylic acid groups (broad SMARTS) is 1. The van der Waals surface area contributed by atoms with E-state index in [1.807, 2.05) is 41.5 Å². The van der Waals surface area contributed by atoms with Crippen LogP contribution in [-0.2, 0) is 24.0 Å². The maximum Gasteiger partial charge on any atom is 0.326 e. The van der Waals surface area contributed by atoms with Crippen LogP contribution in [0.5, 0.6) is 0 Å². The lowest BCUT2D eigenvalue weighted by molar-refractivity contribution is -0.143. The van der Waals surface area contributed by atoms with Gasteiger partial charge in [-0.25, -0.2) is 4.79 Å². The number of rotatable bonds is 23. The van der Waals surface area contributed by atoms with Crippen LogP contribution in [0.3, 0.4) is 0 Å². The number of amides is 4. The molecular formula is C30H59N7O6. The lowest BCUT2D eigenvalue weighted by atomic mass is 9.99. The van der Waals surface area contributed by atoms with E-state index < -0.39 is 59.8 Å². The highest BCUT2D eigenvalue weighted by atomic mass is 16.4. The molecule has 0 saturated heterocycles. The van der Waals surface area contributed by atoms with Crippen LogP contribution in [0.25, 0.3) is 0 Å². The number of aliphatic carboxylic acids is 1. The Bertz CT molecular complexity index is 868. The Morgan fingerprint density at radius 1 is 0.535 bits per heavy atom. The lowest BCUT2D eigenvalue weighted by Crippen LogP contribution is -2.58. The van der Waals surface area contributed by atoms with Crippen LogP contribution < -0.4 is 38.5 Å². The quantitative estimate of drug-likeness (QED) is 0.0758. The Kier molecular flexibility index (Phi) is 20.4. The Morgan fingerprint density at radius 3 is 1.28 bits per heavy atom. The second-order valence-corrected chi connectivity index (χ2v) is 12.6. The van der Waals surface area contributed by atoms with Gasteiger partial charge in [0, 0.05) is 0 Å². The molecule has 0 aromatic heterocycles.